The van der Waals surface area contributed by atoms with Crippen LogP contribution in [-0.4, -0.2) is 8.42 Å². The van der Waals surface area contributed by atoms with Gasteiger partial charge in [-0.15, -0.1) is 0 Å². The summed E-state index contributed by atoms with van der Waals surface area (Å²) >= 11 is 5.73. The van der Waals surface area contributed by atoms with Crippen LogP contribution in [0.15, 0.2) is 41.3 Å². The molecule has 0 radical (unpaired) electrons. The van der Waals surface area contributed by atoms with Gasteiger partial charge in [0.2, 0.25) is 0 Å². The number of nitrogens with one attached hydrogen (secondary N) is 1. The van der Waals surface area contributed by atoms with Crippen molar-refractivity contribution in [3.8, 4) is 0 Å². The minimum Gasteiger partial charge on any atom is -0.396 e. The number of halogens is 3. The molecular weight excluding hydrogens is 310 g/mol. The Kier molecular flexibility index (Phi) is 3.82. The van der Waals surface area contributed by atoms with Gasteiger partial charge in [0.25, 0.3) is 10.0 Å². The van der Waals surface area contributed by atoms with E-state index in [0.29, 0.717) is 0 Å². The van der Waals surface area contributed by atoms with E-state index < -0.39 is 21.7 Å². The van der Waals surface area contributed by atoms with Crippen LogP contribution in [0.5, 0.6) is 0 Å². The lowest BCUT2D eigenvalue weighted by atomic mass is 10.3. The molecule has 2 rings (SSSR count). The van der Waals surface area contributed by atoms with Crippen LogP contribution in [-0.2, 0) is 10.0 Å². The predicted octanol–water partition coefficient (Wildman–Crippen LogP) is 3.00. The number of hydrogen-bond donors (Lipinski definition) is 2. The fourth-order valence-electron chi connectivity index (χ4n) is 1.48. The molecule has 106 valence electrons. The molecule has 0 amide bonds. The number of rotatable bonds is 3. The van der Waals surface area contributed by atoms with Crippen molar-refractivity contribution in [2.24, 2.45) is 0 Å². The Morgan fingerprint density at radius 3 is 2.40 bits per heavy atom. The van der Waals surface area contributed by atoms with Crippen molar-refractivity contribution < 1.29 is 17.2 Å². The zero-order valence-corrected chi connectivity index (χ0v) is 11.5. The Hall–Kier alpha value is -1.86. The number of nitrogens with two attached hydrogens (primary N) is 1. The molecule has 0 atom stereocenters. The topological polar surface area (TPSA) is 72.2 Å². The van der Waals surface area contributed by atoms with Crippen molar-refractivity contribution >= 4 is 33.0 Å². The Morgan fingerprint density at radius 1 is 1.10 bits per heavy atom. The van der Waals surface area contributed by atoms with E-state index in [0.717, 1.165) is 24.3 Å². The van der Waals surface area contributed by atoms with Crippen LogP contribution in [0.4, 0.5) is 20.2 Å². The summed E-state index contributed by atoms with van der Waals surface area (Å²) in [5, 5.41) is -0.0938. The van der Waals surface area contributed by atoms with Gasteiger partial charge in [0.1, 0.15) is 17.3 Å². The van der Waals surface area contributed by atoms with E-state index in [1.165, 1.54) is 12.1 Å². The zero-order valence-electron chi connectivity index (χ0n) is 9.90. The standard InChI is InChI=1S/C12H9ClF2N2O2S/c13-8-2-1-3-10(15)12(8)17-20(18,19)7-4-5-9(14)11(16)6-7/h1-6,17H,16H2. The van der Waals surface area contributed by atoms with Gasteiger partial charge < -0.3 is 5.73 Å². The van der Waals surface area contributed by atoms with E-state index in [4.69, 9.17) is 17.3 Å². The quantitative estimate of drug-likeness (QED) is 0.854. The van der Waals surface area contributed by atoms with Crippen molar-refractivity contribution in [2.45, 2.75) is 4.90 Å². The first-order valence-corrected chi connectivity index (χ1v) is 7.19. The summed E-state index contributed by atoms with van der Waals surface area (Å²) in [5.74, 6) is -1.57. The van der Waals surface area contributed by atoms with Crippen molar-refractivity contribution in [1.29, 1.82) is 0 Å². The normalized spacial score (nSPS) is 11.3. The lowest BCUT2D eigenvalue weighted by molar-refractivity contribution is 0.597. The fraction of sp³-hybridized carbons (Fsp3) is 0. The SMILES string of the molecule is Nc1cc(S(=O)(=O)Nc2c(F)cccc2Cl)ccc1F. The maximum Gasteiger partial charge on any atom is 0.262 e. The third kappa shape index (κ3) is 2.83. The molecule has 0 bridgehead atoms. The average molecular weight is 319 g/mol. The van der Waals surface area contributed by atoms with E-state index in [1.807, 2.05) is 4.72 Å². The highest BCUT2D eigenvalue weighted by atomic mass is 35.5. The van der Waals surface area contributed by atoms with Crippen LogP contribution in [0.25, 0.3) is 0 Å². The van der Waals surface area contributed by atoms with Gasteiger partial charge in [0.05, 0.1) is 15.6 Å². The highest BCUT2D eigenvalue weighted by Crippen LogP contribution is 2.28. The van der Waals surface area contributed by atoms with Crippen LogP contribution in [0.3, 0.4) is 0 Å². The number of para-hydroxylation sites is 1. The van der Waals surface area contributed by atoms with Crippen LogP contribution in [0, 0.1) is 11.6 Å². The molecule has 0 aliphatic carbocycles. The number of hydrogen-bond acceptors (Lipinski definition) is 3. The van der Waals surface area contributed by atoms with Gasteiger partial charge in [-0.25, -0.2) is 17.2 Å². The van der Waals surface area contributed by atoms with Crippen molar-refractivity contribution in [3.05, 3.63) is 53.1 Å². The van der Waals surface area contributed by atoms with Crippen molar-refractivity contribution in [3.63, 3.8) is 0 Å². The van der Waals surface area contributed by atoms with Crippen LogP contribution in [0.1, 0.15) is 0 Å². The molecule has 3 N–H and O–H groups in total. The fourth-order valence-corrected chi connectivity index (χ4v) is 2.87. The lowest BCUT2D eigenvalue weighted by Gasteiger charge is -2.11. The number of sulfonamides is 1. The Labute approximate surface area is 119 Å². The first-order chi connectivity index (χ1) is 9.31. The molecule has 0 saturated carbocycles. The van der Waals surface area contributed by atoms with E-state index in [2.05, 4.69) is 0 Å². The second-order valence-electron chi connectivity index (χ2n) is 3.89. The molecule has 0 heterocycles. The third-order valence-corrected chi connectivity index (χ3v) is 4.14. The van der Waals surface area contributed by atoms with Gasteiger partial charge in [-0.3, -0.25) is 4.72 Å². The molecule has 2 aromatic rings. The van der Waals surface area contributed by atoms with Gasteiger partial charge in [-0.2, -0.15) is 0 Å². The second-order valence-corrected chi connectivity index (χ2v) is 5.98. The molecule has 8 heteroatoms. The number of nitrogen functional groups attached to an aromatic ring is 1. The Morgan fingerprint density at radius 2 is 1.80 bits per heavy atom. The summed E-state index contributed by atoms with van der Waals surface area (Å²) in [5.41, 5.74) is 4.60. The number of anilines is 2. The van der Waals surface area contributed by atoms with E-state index in [9.17, 15) is 17.2 Å². The monoisotopic (exact) mass is 318 g/mol. The Balaban J connectivity index is 2.43. The van der Waals surface area contributed by atoms with Gasteiger partial charge in [-0.1, -0.05) is 17.7 Å². The molecule has 0 spiro atoms. The second kappa shape index (κ2) is 5.26. The van der Waals surface area contributed by atoms with Gasteiger partial charge in [0.15, 0.2) is 0 Å². The van der Waals surface area contributed by atoms with Crippen molar-refractivity contribution in [2.75, 3.05) is 10.5 Å². The Bertz CT molecular complexity index is 746. The summed E-state index contributed by atoms with van der Waals surface area (Å²) < 4.78 is 52.7. The summed E-state index contributed by atoms with van der Waals surface area (Å²) in [6, 6.07) is 6.59. The molecule has 0 saturated heterocycles. The van der Waals surface area contributed by atoms with Gasteiger partial charge in [-0.05, 0) is 30.3 Å². The van der Waals surface area contributed by atoms with Crippen molar-refractivity contribution in [1.82, 2.24) is 0 Å². The van der Waals surface area contributed by atoms with Crippen LogP contribution < -0.4 is 10.5 Å². The zero-order chi connectivity index (χ0) is 14.9. The lowest BCUT2D eigenvalue weighted by Crippen LogP contribution is -2.14. The van der Waals surface area contributed by atoms with Crippen LogP contribution in [0.2, 0.25) is 5.02 Å². The minimum absolute atomic E-state index is 0.0938. The summed E-state index contributed by atoms with van der Waals surface area (Å²) in [4.78, 5) is -0.296. The molecular formula is C12H9ClF2N2O2S. The molecule has 0 aromatic heterocycles. The molecule has 0 aliphatic rings. The molecule has 4 nitrogen and oxygen atoms in total. The van der Waals surface area contributed by atoms with Gasteiger partial charge in [0, 0.05) is 0 Å². The minimum atomic E-state index is -4.12. The van der Waals surface area contributed by atoms with Crippen LogP contribution >= 0.6 is 11.6 Å². The summed E-state index contributed by atoms with van der Waals surface area (Å²) in [6.07, 6.45) is 0. The number of benzene rings is 2. The predicted molar refractivity (Wildman–Crippen MR) is 73.0 cm³/mol. The van der Waals surface area contributed by atoms with E-state index in [1.54, 1.807) is 0 Å². The largest absolute Gasteiger partial charge is 0.396 e. The van der Waals surface area contributed by atoms with E-state index in [-0.39, 0.29) is 21.3 Å². The molecule has 0 aliphatic heterocycles. The average Bonchev–Trinajstić information content (AvgIpc) is 2.37. The molecule has 0 unspecified atom stereocenters. The molecule has 20 heavy (non-hydrogen) atoms. The first kappa shape index (κ1) is 14.5. The maximum absolute atomic E-state index is 13.5. The highest BCUT2D eigenvalue weighted by Gasteiger charge is 2.19. The first-order valence-electron chi connectivity index (χ1n) is 5.33. The van der Waals surface area contributed by atoms with E-state index >= 15 is 0 Å². The van der Waals surface area contributed by atoms with Gasteiger partial charge >= 0.3 is 0 Å². The highest BCUT2D eigenvalue weighted by molar-refractivity contribution is 7.92. The maximum atomic E-state index is 13.5. The smallest absolute Gasteiger partial charge is 0.262 e. The summed E-state index contributed by atoms with van der Waals surface area (Å²) in [6.45, 7) is 0. The molecule has 2 aromatic carbocycles. The third-order valence-electron chi connectivity index (χ3n) is 2.48. The molecule has 0 fully saturated rings. The summed E-state index contributed by atoms with van der Waals surface area (Å²) in [7, 11) is -4.12.